The Labute approximate surface area is 133 Å². The van der Waals surface area contributed by atoms with Crippen LogP contribution in [-0.4, -0.2) is 31.1 Å². The molecular weight excluding hydrogens is 303 g/mol. The molecule has 0 spiro atoms. The monoisotopic (exact) mass is 322 g/mol. The Morgan fingerprint density at radius 2 is 2.14 bits per heavy atom. The lowest BCUT2D eigenvalue weighted by Crippen LogP contribution is -2.37. The highest BCUT2D eigenvalue weighted by atomic mass is 32.1. The molecule has 0 unspecified atom stereocenters. The van der Waals surface area contributed by atoms with Crippen LogP contribution in [0.5, 0.6) is 5.75 Å². The van der Waals surface area contributed by atoms with Crippen LogP contribution >= 0.6 is 11.3 Å². The third-order valence-corrected chi connectivity index (χ3v) is 3.87. The molecule has 1 N–H and O–H groups in total. The molecule has 2 amide bonds. The van der Waals surface area contributed by atoms with Crippen LogP contribution in [0.3, 0.4) is 0 Å². The van der Waals surface area contributed by atoms with Crippen LogP contribution in [0.25, 0.3) is 0 Å². The Hall–Kier alpha value is -2.08. The first-order valence-corrected chi connectivity index (χ1v) is 7.93. The van der Waals surface area contributed by atoms with E-state index in [-0.39, 0.29) is 17.6 Å². The molecule has 0 aliphatic carbocycles. The van der Waals surface area contributed by atoms with Crippen molar-refractivity contribution in [3.05, 3.63) is 52.5 Å². The zero-order valence-corrected chi connectivity index (χ0v) is 13.2. The van der Waals surface area contributed by atoms with Gasteiger partial charge in [0.1, 0.15) is 0 Å². The van der Waals surface area contributed by atoms with E-state index in [1.165, 1.54) is 6.07 Å². The first-order chi connectivity index (χ1) is 10.7. The normalized spacial score (nSPS) is 10.3. The molecule has 0 saturated carbocycles. The number of carbonyl (C=O) groups excluding carboxylic acids is 1. The standard InChI is InChI=1S/C16H19FN2O2S/c1-19(12-13-6-4-11-22-13)16(20)18-9-5-10-21-15-8-3-2-7-14(15)17/h2-4,6-8,11H,5,9-10,12H2,1H3,(H,18,20). The number of nitrogens with zero attached hydrogens (tertiary/aromatic N) is 1. The molecule has 22 heavy (non-hydrogen) atoms. The summed E-state index contributed by atoms with van der Waals surface area (Å²) in [4.78, 5) is 14.6. The summed E-state index contributed by atoms with van der Waals surface area (Å²) >= 11 is 1.62. The van der Waals surface area contributed by atoms with Crippen molar-refractivity contribution >= 4 is 17.4 Å². The Morgan fingerprint density at radius 1 is 1.32 bits per heavy atom. The fraction of sp³-hybridized carbons (Fsp3) is 0.312. The van der Waals surface area contributed by atoms with Gasteiger partial charge in [0.15, 0.2) is 11.6 Å². The molecule has 0 aliphatic rings. The van der Waals surface area contributed by atoms with Gasteiger partial charge in [0, 0.05) is 18.5 Å². The number of para-hydroxylation sites is 1. The molecule has 0 fully saturated rings. The number of thiophene rings is 1. The summed E-state index contributed by atoms with van der Waals surface area (Å²) in [6.07, 6.45) is 0.618. The SMILES string of the molecule is CN(Cc1cccs1)C(=O)NCCCOc1ccccc1F. The van der Waals surface area contributed by atoms with E-state index < -0.39 is 0 Å². The van der Waals surface area contributed by atoms with E-state index in [9.17, 15) is 9.18 Å². The largest absolute Gasteiger partial charge is 0.490 e. The predicted octanol–water partition coefficient (Wildman–Crippen LogP) is 3.50. The molecule has 0 bridgehead atoms. The number of rotatable bonds is 7. The van der Waals surface area contributed by atoms with Crippen LogP contribution in [0.1, 0.15) is 11.3 Å². The summed E-state index contributed by atoms with van der Waals surface area (Å²) in [5, 5.41) is 4.80. The highest BCUT2D eigenvalue weighted by Crippen LogP contribution is 2.15. The van der Waals surface area contributed by atoms with Crippen LogP contribution in [0, 0.1) is 5.82 Å². The van der Waals surface area contributed by atoms with Crippen molar-refractivity contribution in [3.8, 4) is 5.75 Å². The zero-order valence-electron chi connectivity index (χ0n) is 12.4. The lowest BCUT2D eigenvalue weighted by atomic mass is 10.3. The molecule has 0 radical (unpaired) electrons. The number of amides is 2. The number of halogens is 1. The molecule has 0 atom stereocenters. The summed E-state index contributed by atoms with van der Waals surface area (Å²) in [7, 11) is 1.75. The number of benzene rings is 1. The minimum atomic E-state index is -0.373. The minimum absolute atomic E-state index is 0.126. The molecule has 0 aliphatic heterocycles. The van der Waals surface area contributed by atoms with E-state index in [1.54, 1.807) is 41.5 Å². The van der Waals surface area contributed by atoms with Gasteiger partial charge >= 0.3 is 6.03 Å². The van der Waals surface area contributed by atoms with Gasteiger partial charge in [-0.15, -0.1) is 11.3 Å². The van der Waals surface area contributed by atoms with Crippen molar-refractivity contribution in [1.82, 2.24) is 10.2 Å². The number of nitrogens with one attached hydrogen (secondary N) is 1. The molecule has 2 aromatic rings. The second-order valence-corrected chi connectivity index (χ2v) is 5.83. The van der Waals surface area contributed by atoms with Gasteiger partial charge in [0.2, 0.25) is 0 Å². The molecule has 1 heterocycles. The molecule has 4 nitrogen and oxygen atoms in total. The maximum absolute atomic E-state index is 13.3. The Balaban J connectivity index is 1.62. The molecular formula is C16H19FN2O2S. The molecule has 6 heteroatoms. The van der Waals surface area contributed by atoms with Crippen LogP contribution in [0.4, 0.5) is 9.18 Å². The van der Waals surface area contributed by atoms with Crippen molar-refractivity contribution in [2.45, 2.75) is 13.0 Å². The van der Waals surface area contributed by atoms with E-state index in [1.807, 2.05) is 17.5 Å². The van der Waals surface area contributed by atoms with Crippen molar-refractivity contribution in [3.63, 3.8) is 0 Å². The van der Waals surface area contributed by atoms with E-state index in [4.69, 9.17) is 4.74 Å². The van der Waals surface area contributed by atoms with Gasteiger partial charge < -0.3 is 15.0 Å². The summed E-state index contributed by atoms with van der Waals surface area (Å²) in [5.41, 5.74) is 0. The summed E-state index contributed by atoms with van der Waals surface area (Å²) in [6.45, 7) is 1.44. The Kier molecular flexibility index (Phi) is 6.21. The topological polar surface area (TPSA) is 41.6 Å². The number of hydrogen-bond acceptors (Lipinski definition) is 3. The lowest BCUT2D eigenvalue weighted by Gasteiger charge is -2.17. The van der Waals surface area contributed by atoms with E-state index >= 15 is 0 Å². The van der Waals surface area contributed by atoms with E-state index in [0.29, 0.717) is 26.1 Å². The van der Waals surface area contributed by atoms with Gasteiger partial charge in [-0.3, -0.25) is 0 Å². The summed E-state index contributed by atoms with van der Waals surface area (Å²) < 4.78 is 18.6. The second-order valence-electron chi connectivity index (χ2n) is 4.80. The molecule has 118 valence electrons. The summed E-state index contributed by atoms with van der Waals surface area (Å²) in [5.74, 6) is -0.133. The zero-order chi connectivity index (χ0) is 15.8. The average molecular weight is 322 g/mol. The average Bonchev–Trinajstić information content (AvgIpc) is 3.01. The van der Waals surface area contributed by atoms with Gasteiger partial charge in [-0.1, -0.05) is 18.2 Å². The van der Waals surface area contributed by atoms with Gasteiger partial charge in [0.25, 0.3) is 0 Å². The third-order valence-electron chi connectivity index (χ3n) is 3.01. The highest BCUT2D eigenvalue weighted by Gasteiger charge is 2.08. The van der Waals surface area contributed by atoms with Crippen LogP contribution in [-0.2, 0) is 6.54 Å². The number of carbonyl (C=O) groups is 1. The first-order valence-electron chi connectivity index (χ1n) is 7.05. The lowest BCUT2D eigenvalue weighted by molar-refractivity contribution is 0.206. The van der Waals surface area contributed by atoms with Crippen LogP contribution < -0.4 is 10.1 Å². The van der Waals surface area contributed by atoms with E-state index in [2.05, 4.69) is 5.32 Å². The first kappa shape index (κ1) is 16.3. The maximum atomic E-state index is 13.3. The molecule has 0 saturated heterocycles. The van der Waals surface area contributed by atoms with Crippen molar-refractivity contribution < 1.29 is 13.9 Å². The van der Waals surface area contributed by atoms with Gasteiger partial charge in [-0.25, -0.2) is 9.18 Å². The number of ether oxygens (including phenoxy) is 1. The number of hydrogen-bond donors (Lipinski definition) is 1. The Morgan fingerprint density at radius 3 is 2.86 bits per heavy atom. The van der Waals surface area contributed by atoms with Crippen molar-refractivity contribution in [2.75, 3.05) is 20.2 Å². The van der Waals surface area contributed by atoms with Gasteiger partial charge in [-0.05, 0) is 30.0 Å². The highest BCUT2D eigenvalue weighted by molar-refractivity contribution is 7.09. The van der Waals surface area contributed by atoms with Crippen molar-refractivity contribution in [2.24, 2.45) is 0 Å². The van der Waals surface area contributed by atoms with Crippen LogP contribution in [0.15, 0.2) is 41.8 Å². The minimum Gasteiger partial charge on any atom is -0.490 e. The summed E-state index contributed by atoms with van der Waals surface area (Å²) in [6, 6.07) is 10.1. The predicted molar refractivity (Wildman–Crippen MR) is 85.7 cm³/mol. The number of urea groups is 1. The maximum Gasteiger partial charge on any atom is 0.317 e. The van der Waals surface area contributed by atoms with Gasteiger partial charge in [-0.2, -0.15) is 0 Å². The second kappa shape index (κ2) is 8.38. The van der Waals surface area contributed by atoms with Gasteiger partial charge in [0.05, 0.1) is 13.2 Å². The molecule has 2 rings (SSSR count). The molecule has 1 aromatic carbocycles. The quantitative estimate of drug-likeness (QED) is 0.793. The molecule has 1 aromatic heterocycles. The van der Waals surface area contributed by atoms with Crippen LogP contribution in [0.2, 0.25) is 0 Å². The smallest absolute Gasteiger partial charge is 0.317 e. The fourth-order valence-corrected chi connectivity index (χ4v) is 2.61. The van der Waals surface area contributed by atoms with E-state index in [0.717, 1.165) is 4.88 Å². The third kappa shape index (κ3) is 5.04. The van der Waals surface area contributed by atoms with Crippen molar-refractivity contribution in [1.29, 1.82) is 0 Å². The Bertz CT molecular complexity index is 590. The fourth-order valence-electron chi connectivity index (χ4n) is 1.85.